The molecule has 0 amide bonds. The van der Waals surface area contributed by atoms with E-state index in [4.69, 9.17) is 56.8 Å². The van der Waals surface area contributed by atoms with Gasteiger partial charge in [0.25, 0.3) is 0 Å². The second kappa shape index (κ2) is 10.8. The molecule has 0 aliphatic carbocycles. The number of rotatable bonds is 2. The van der Waals surface area contributed by atoms with E-state index < -0.39 is 19.7 Å². The molecular weight excluding hydrogens is 955 g/mol. The van der Waals surface area contributed by atoms with E-state index in [-0.39, 0.29) is 31.6 Å². The Labute approximate surface area is 331 Å². The number of benzene rings is 8. The van der Waals surface area contributed by atoms with Gasteiger partial charge in [0.05, 0.1) is 0 Å². The Hall–Kier alpha value is -4.68. The Bertz CT molecular complexity index is 2850. The Morgan fingerprint density at radius 3 is 1.26 bits per heavy atom. The summed E-state index contributed by atoms with van der Waals surface area (Å²) in [4.78, 5) is 4.60. The topological polar surface area (TPSA) is 34.2 Å². The summed E-state index contributed by atoms with van der Waals surface area (Å²) in [5.74, 6) is 1.86. The second-order valence-electron chi connectivity index (χ2n) is 13.8. The van der Waals surface area contributed by atoms with E-state index in [0.717, 1.165) is 65.5 Å². The number of anilines is 6. The van der Waals surface area contributed by atoms with Crippen molar-refractivity contribution in [3.05, 3.63) is 160 Å². The van der Waals surface area contributed by atoms with E-state index in [1.54, 1.807) is 0 Å². The molecule has 54 heavy (non-hydrogen) atoms. The van der Waals surface area contributed by atoms with Gasteiger partial charge in [-0.1, -0.05) is 0 Å². The fourth-order valence-electron chi connectivity index (χ4n) is 8.96. The van der Waals surface area contributed by atoms with Gasteiger partial charge in [-0.15, -0.1) is 0 Å². The summed E-state index contributed by atoms with van der Waals surface area (Å²) in [6.07, 6.45) is 0. The van der Waals surface area contributed by atoms with E-state index in [2.05, 4.69) is 125 Å². The standard InChI is InChI=1S/C38H23N2O.C6H2Cl4O2.Bi/c1-3-10-29-22-35(20-18-27(29)8-1)39-31-12-5-13-32(24-31)40(36-21-19-28-9-2-4-11-30(28)23-36)34-15-7-17-38(26-34)41-37-16-6-14-33(39)25-37;7-1-2(8)4(10)6(12)5(11)3(1)9;/h1-23H;11-12H;/q;;+2/p-2. The normalized spacial score (nSPS) is 16.6. The van der Waals surface area contributed by atoms with Crippen molar-refractivity contribution in [2.75, 3.05) is 9.80 Å². The van der Waals surface area contributed by atoms with E-state index in [1.807, 2.05) is 24.3 Å². The molecule has 0 atom stereocenters. The molecule has 0 saturated heterocycles. The van der Waals surface area contributed by atoms with Crippen molar-refractivity contribution in [1.82, 2.24) is 0 Å². The van der Waals surface area contributed by atoms with E-state index >= 15 is 0 Å². The molecule has 0 radical (unpaired) electrons. The quantitative estimate of drug-likeness (QED) is 0.0980. The van der Waals surface area contributed by atoms with Gasteiger partial charge in [0.15, 0.2) is 0 Å². The fourth-order valence-corrected chi connectivity index (χ4v) is 32.5. The summed E-state index contributed by atoms with van der Waals surface area (Å²) < 4.78 is 25.1. The van der Waals surface area contributed by atoms with Crippen molar-refractivity contribution in [1.29, 1.82) is 0 Å². The van der Waals surface area contributed by atoms with Crippen molar-refractivity contribution in [2.45, 2.75) is 0 Å². The van der Waals surface area contributed by atoms with Gasteiger partial charge in [0, 0.05) is 0 Å². The van der Waals surface area contributed by atoms with Gasteiger partial charge in [0.1, 0.15) is 0 Å². The first-order valence-corrected chi connectivity index (χ1v) is 26.9. The van der Waals surface area contributed by atoms with Gasteiger partial charge in [-0.25, -0.2) is 0 Å². The third kappa shape index (κ3) is 3.72. The molecule has 4 aliphatic rings. The van der Waals surface area contributed by atoms with Crippen LogP contribution in [-0.2, 0) is 0 Å². The van der Waals surface area contributed by atoms with Crippen molar-refractivity contribution in [3.63, 3.8) is 0 Å². The average molecular weight is 978 g/mol. The first-order valence-electron chi connectivity index (χ1n) is 17.3. The summed E-state index contributed by atoms with van der Waals surface area (Å²) in [6, 6.07) is 48.5. The molecule has 0 unspecified atom stereocenters. The molecule has 5 nitrogen and oxygen atoms in total. The molecule has 260 valence electrons. The van der Waals surface area contributed by atoms with Crippen LogP contribution in [0.4, 0.5) is 34.1 Å². The third-order valence-corrected chi connectivity index (χ3v) is 31.7. The molecule has 4 heterocycles. The van der Waals surface area contributed by atoms with Crippen LogP contribution in [0.15, 0.2) is 140 Å². The Morgan fingerprint density at radius 1 is 0.389 bits per heavy atom. The first kappa shape index (κ1) is 31.7. The molecule has 10 heteroatoms. The zero-order valence-corrected chi connectivity index (χ0v) is 34.4. The predicted octanol–water partition coefficient (Wildman–Crippen LogP) is 12.2. The van der Waals surface area contributed by atoms with Crippen molar-refractivity contribution < 1.29 is 10.4 Å². The first-order chi connectivity index (χ1) is 26.4. The Morgan fingerprint density at radius 2 is 0.796 bits per heavy atom. The minimum atomic E-state index is -6.18. The van der Waals surface area contributed by atoms with Crippen LogP contribution in [0.3, 0.4) is 0 Å². The monoisotopic (exact) mass is 976 g/mol. The van der Waals surface area contributed by atoms with Crippen LogP contribution in [0, 0.1) is 0 Å². The number of halogens is 4. The molecule has 0 fully saturated rings. The molecule has 12 rings (SSSR count). The number of nitrogens with zero attached hydrogens (tertiary/aromatic N) is 2. The third-order valence-electron chi connectivity index (χ3n) is 11.0. The fraction of sp³-hybridized carbons (Fsp3) is 0. The SMILES string of the molecule is Clc1c(Cl)c(Cl)c2c(c1Cl)[O][Bi]13([O]2)[c]2c4cccc2N(c2ccc5ccccc5c2)c2cccc([c]21)N(c1ccc2ccccc2c1)c1cccc([c]13)O4. The summed E-state index contributed by atoms with van der Waals surface area (Å²) >= 11 is 21.6. The molecule has 0 bridgehead atoms. The maximum atomic E-state index is 7.76. The van der Waals surface area contributed by atoms with Gasteiger partial charge in [-0.3, -0.25) is 0 Å². The van der Waals surface area contributed by atoms with Gasteiger partial charge < -0.3 is 0 Å². The number of ether oxygens (including phenoxy) is 1. The minimum absolute atomic E-state index is 0.108. The Kier molecular flexibility index (Phi) is 6.30. The average Bonchev–Trinajstić information content (AvgIpc) is 3.56. The van der Waals surface area contributed by atoms with Crippen LogP contribution < -0.4 is 30.0 Å². The van der Waals surface area contributed by atoms with Crippen LogP contribution in [-0.4, -0.2) is 19.7 Å². The predicted molar refractivity (Wildman–Crippen MR) is 223 cm³/mol. The van der Waals surface area contributed by atoms with E-state index in [1.165, 1.54) is 0 Å². The zero-order chi connectivity index (χ0) is 36.1. The molecule has 8 aromatic carbocycles. The molecule has 1 spiro atoms. The van der Waals surface area contributed by atoms with Gasteiger partial charge in [-0.05, 0) is 0 Å². The summed E-state index contributed by atoms with van der Waals surface area (Å²) in [7, 11) is 0. The molecule has 8 aromatic rings. The van der Waals surface area contributed by atoms with Crippen LogP contribution in [0.5, 0.6) is 23.0 Å². The van der Waals surface area contributed by atoms with Crippen LogP contribution in [0.2, 0.25) is 20.1 Å². The van der Waals surface area contributed by atoms with Crippen molar-refractivity contribution >= 4 is 132 Å². The maximum absolute atomic E-state index is 7.76. The second-order valence-corrected chi connectivity index (χ2v) is 29.4. The van der Waals surface area contributed by atoms with Crippen LogP contribution >= 0.6 is 46.4 Å². The van der Waals surface area contributed by atoms with Gasteiger partial charge >= 0.3 is 334 Å². The van der Waals surface area contributed by atoms with Crippen molar-refractivity contribution in [2.24, 2.45) is 0 Å². The summed E-state index contributed by atoms with van der Waals surface area (Å²) in [5, 5.41) is 5.05. The molecule has 0 N–H and O–H groups in total. The van der Waals surface area contributed by atoms with E-state index in [0.29, 0.717) is 11.5 Å². The van der Waals surface area contributed by atoms with E-state index in [9.17, 15) is 0 Å². The molecule has 4 aliphatic heterocycles. The van der Waals surface area contributed by atoms with Crippen LogP contribution in [0.1, 0.15) is 0 Å². The van der Waals surface area contributed by atoms with Crippen LogP contribution in [0.25, 0.3) is 21.5 Å². The van der Waals surface area contributed by atoms with Gasteiger partial charge in [0.2, 0.25) is 0 Å². The zero-order valence-electron chi connectivity index (χ0n) is 27.9. The molecule has 0 saturated carbocycles. The number of hydrogen-bond donors (Lipinski definition) is 0. The Balaban J connectivity index is 1.27. The molecular formula is C44H23BiCl4N2O3. The van der Waals surface area contributed by atoms with Crippen molar-refractivity contribution in [3.8, 4) is 23.0 Å². The number of hydrogen-bond acceptors (Lipinski definition) is 5. The van der Waals surface area contributed by atoms with Gasteiger partial charge in [-0.2, -0.15) is 0 Å². The summed E-state index contributed by atoms with van der Waals surface area (Å²) in [6.45, 7) is 0. The number of fused-ring (bicyclic) bond motifs is 3. The summed E-state index contributed by atoms with van der Waals surface area (Å²) in [5.41, 5.74) is 5.57. The molecule has 0 aromatic heterocycles.